The minimum Gasteiger partial charge on any atom is -0.324 e. The van der Waals surface area contributed by atoms with E-state index in [0.717, 1.165) is 11.1 Å². The summed E-state index contributed by atoms with van der Waals surface area (Å²) in [6.45, 7) is 1.75. The molecule has 0 fully saturated rings. The van der Waals surface area contributed by atoms with Gasteiger partial charge in [-0.05, 0) is 48.4 Å². The van der Waals surface area contributed by atoms with Gasteiger partial charge in [0.2, 0.25) is 11.8 Å². The van der Waals surface area contributed by atoms with Crippen LogP contribution in [0.4, 0.5) is 17.2 Å². The first-order chi connectivity index (χ1) is 14.5. The SMILES string of the molecule is Cc1ccccc1NC(=O)CN1C(=O)CC(c2cccc(Cl)c2)=Nc2cccnc21. The monoisotopic (exact) mass is 418 g/mol. The van der Waals surface area contributed by atoms with E-state index in [1.807, 2.05) is 43.3 Å². The number of anilines is 2. The van der Waals surface area contributed by atoms with Crippen molar-refractivity contribution in [1.29, 1.82) is 0 Å². The quantitative estimate of drug-likeness (QED) is 0.675. The normalized spacial score (nSPS) is 13.3. The number of aliphatic imine (C=N–C) groups is 1. The maximum absolute atomic E-state index is 13.1. The largest absolute Gasteiger partial charge is 0.324 e. The van der Waals surface area contributed by atoms with Crippen LogP contribution in [-0.4, -0.2) is 29.1 Å². The van der Waals surface area contributed by atoms with E-state index in [9.17, 15) is 9.59 Å². The molecule has 0 saturated carbocycles. The van der Waals surface area contributed by atoms with E-state index >= 15 is 0 Å². The number of para-hydroxylation sites is 1. The molecule has 4 rings (SSSR count). The molecule has 7 heteroatoms. The summed E-state index contributed by atoms with van der Waals surface area (Å²) in [5.41, 5.74) is 3.53. The van der Waals surface area contributed by atoms with Gasteiger partial charge in [-0.25, -0.2) is 9.98 Å². The van der Waals surface area contributed by atoms with Gasteiger partial charge < -0.3 is 5.32 Å². The summed E-state index contributed by atoms with van der Waals surface area (Å²) in [6.07, 6.45) is 1.62. The van der Waals surface area contributed by atoms with Gasteiger partial charge in [-0.3, -0.25) is 14.5 Å². The number of aryl methyl sites for hydroxylation is 1. The molecule has 150 valence electrons. The average molecular weight is 419 g/mol. The minimum atomic E-state index is -0.305. The van der Waals surface area contributed by atoms with Gasteiger partial charge >= 0.3 is 0 Å². The summed E-state index contributed by atoms with van der Waals surface area (Å²) in [4.78, 5) is 36.2. The first-order valence-electron chi connectivity index (χ1n) is 9.45. The van der Waals surface area contributed by atoms with E-state index in [4.69, 9.17) is 11.6 Å². The van der Waals surface area contributed by atoms with Crippen molar-refractivity contribution in [3.05, 3.63) is 83.0 Å². The van der Waals surface area contributed by atoms with Gasteiger partial charge in [0.25, 0.3) is 0 Å². The Balaban J connectivity index is 1.63. The van der Waals surface area contributed by atoms with Crippen LogP contribution in [0.3, 0.4) is 0 Å². The van der Waals surface area contributed by atoms with Gasteiger partial charge in [-0.2, -0.15) is 0 Å². The number of halogens is 1. The van der Waals surface area contributed by atoms with E-state index < -0.39 is 0 Å². The van der Waals surface area contributed by atoms with Crippen molar-refractivity contribution < 1.29 is 9.59 Å². The van der Waals surface area contributed by atoms with Crippen molar-refractivity contribution >= 4 is 46.3 Å². The highest BCUT2D eigenvalue weighted by molar-refractivity contribution is 6.31. The zero-order valence-corrected chi connectivity index (χ0v) is 17.1. The molecule has 1 aromatic heterocycles. The summed E-state index contributed by atoms with van der Waals surface area (Å²) < 4.78 is 0. The highest BCUT2D eigenvalue weighted by Gasteiger charge is 2.27. The van der Waals surface area contributed by atoms with Crippen LogP contribution in [0.1, 0.15) is 17.5 Å². The number of amides is 2. The van der Waals surface area contributed by atoms with Crippen molar-refractivity contribution in [2.24, 2.45) is 4.99 Å². The van der Waals surface area contributed by atoms with Crippen LogP contribution >= 0.6 is 11.6 Å². The van der Waals surface area contributed by atoms with Crippen LogP contribution in [0.5, 0.6) is 0 Å². The molecule has 1 N–H and O–H groups in total. The molecule has 0 bridgehead atoms. The van der Waals surface area contributed by atoms with Gasteiger partial charge in [0.05, 0.1) is 12.1 Å². The van der Waals surface area contributed by atoms with Crippen LogP contribution in [0.15, 0.2) is 71.9 Å². The molecule has 0 spiro atoms. The third-order valence-corrected chi connectivity index (χ3v) is 5.01. The fourth-order valence-electron chi connectivity index (χ4n) is 3.27. The lowest BCUT2D eigenvalue weighted by atomic mass is 10.1. The van der Waals surface area contributed by atoms with Crippen molar-refractivity contribution in [2.75, 3.05) is 16.8 Å². The van der Waals surface area contributed by atoms with Crippen molar-refractivity contribution in [1.82, 2.24) is 4.98 Å². The molecule has 0 atom stereocenters. The number of carbonyl (C=O) groups is 2. The number of benzene rings is 2. The van der Waals surface area contributed by atoms with E-state index in [-0.39, 0.29) is 24.8 Å². The third-order valence-electron chi connectivity index (χ3n) is 4.78. The number of nitrogens with zero attached hydrogens (tertiary/aromatic N) is 3. The minimum absolute atomic E-state index is 0.0361. The van der Waals surface area contributed by atoms with Crippen LogP contribution in [-0.2, 0) is 9.59 Å². The molecule has 1 aliphatic rings. The smallest absolute Gasteiger partial charge is 0.244 e. The Labute approximate surface area is 179 Å². The van der Waals surface area contributed by atoms with E-state index in [2.05, 4.69) is 15.3 Å². The predicted molar refractivity (Wildman–Crippen MR) is 119 cm³/mol. The number of fused-ring (bicyclic) bond motifs is 1. The number of pyridine rings is 1. The predicted octanol–water partition coefficient (Wildman–Crippen LogP) is 4.54. The van der Waals surface area contributed by atoms with Gasteiger partial charge in [0.15, 0.2) is 5.82 Å². The highest BCUT2D eigenvalue weighted by Crippen LogP contribution is 2.31. The average Bonchev–Trinajstić information content (AvgIpc) is 2.87. The molecule has 30 heavy (non-hydrogen) atoms. The maximum Gasteiger partial charge on any atom is 0.244 e. The third kappa shape index (κ3) is 4.23. The Kier molecular flexibility index (Phi) is 5.59. The summed E-state index contributed by atoms with van der Waals surface area (Å²) in [6, 6.07) is 18.2. The highest BCUT2D eigenvalue weighted by atomic mass is 35.5. The second-order valence-electron chi connectivity index (χ2n) is 6.93. The molecular formula is C23H19ClN4O2. The van der Waals surface area contributed by atoms with Crippen LogP contribution in [0, 0.1) is 6.92 Å². The Bertz CT molecular complexity index is 1160. The maximum atomic E-state index is 13.1. The topological polar surface area (TPSA) is 74.7 Å². The zero-order valence-electron chi connectivity index (χ0n) is 16.3. The van der Waals surface area contributed by atoms with Gasteiger partial charge in [0, 0.05) is 16.9 Å². The molecule has 3 aromatic rings. The van der Waals surface area contributed by atoms with Crippen molar-refractivity contribution in [3.8, 4) is 0 Å². The molecule has 0 aliphatic carbocycles. The van der Waals surface area contributed by atoms with Gasteiger partial charge in [0.1, 0.15) is 12.2 Å². The van der Waals surface area contributed by atoms with Crippen LogP contribution < -0.4 is 10.2 Å². The first kappa shape index (κ1) is 19.8. The van der Waals surface area contributed by atoms with Crippen molar-refractivity contribution in [2.45, 2.75) is 13.3 Å². The first-order valence-corrected chi connectivity index (χ1v) is 9.83. The number of rotatable bonds is 4. The molecule has 2 amide bonds. The standard InChI is InChI=1S/C23H19ClN4O2/c1-15-6-2-3-9-18(15)27-21(29)14-28-22(30)13-20(16-7-4-8-17(24)12-16)26-19-10-5-11-25-23(19)28/h2-12H,13-14H2,1H3,(H,27,29). The zero-order chi connectivity index (χ0) is 21.1. The van der Waals surface area contributed by atoms with Gasteiger partial charge in [-0.15, -0.1) is 0 Å². The summed E-state index contributed by atoms with van der Waals surface area (Å²) in [7, 11) is 0. The number of hydrogen-bond donors (Lipinski definition) is 1. The van der Waals surface area contributed by atoms with E-state index in [1.54, 1.807) is 30.5 Å². The lowest BCUT2D eigenvalue weighted by Gasteiger charge is -2.21. The number of hydrogen-bond acceptors (Lipinski definition) is 4. The lowest BCUT2D eigenvalue weighted by molar-refractivity contribution is -0.120. The van der Waals surface area contributed by atoms with Gasteiger partial charge in [-0.1, -0.05) is 41.9 Å². The summed E-state index contributed by atoms with van der Waals surface area (Å²) >= 11 is 6.11. The van der Waals surface area contributed by atoms with Crippen LogP contribution in [0.25, 0.3) is 0 Å². The second kappa shape index (κ2) is 8.47. The fraction of sp³-hybridized carbons (Fsp3) is 0.130. The van der Waals surface area contributed by atoms with E-state index in [1.165, 1.54) is 4.90 Å². The number of carbonyl (C=O) groups excluding carboxylic acids is 2. The lowest BCUT2D eigenvalue weighted by Crippen LogP contribution is -2.39. The molecule has 0 saturated heterocycles. The molecule has 2 heterocycles. The molecule has 6 nitrogen and oxygen atoms in total. The Morgan fingerprint density at radius 1 is 1.13 bits per heavy atom. The molecule has 2 aromatic carbocycles. The fourth-order valence-corrected chi connectivity index (χ4v) is 3.46. The number of nitrogens with one attached hydrogen (secondary N) is 1. The van der Waals surface area contributed by atoms with Crippen LogP contribution in [0.2, 0.25) is 5.02 Å². The second-order valence-corrected chi connectivity index (χ2v) is 7.37. The molecule has 0 radical (unpaired) electrons. The summed E-state index contributed by atoms with van der Waals surface area (Å²) in [5, 5.41) is 3.43. The molecule has 0 unspecified atom stereocenters. The number of aromatic nitrogens is 1. The van der Waals surface area contributed by atoms with E-state index in [0.29, 0.717) is 27.9 Å². The van der Waals surface area contributed by atoms with Crippen molar-refractivity contribution in [3.63, 3.8) is 0 Å². The molecular weight excluding hydrogens is 400 g/mol. The molecule has 1 aliphatic heterocycles. The Morgan fingerprint density at radius 3 is 2.77 bits per heavy atom. The Morgan fingerprint density at radius 2 is 1.97 bits per heavy atom. The summed E-state index contributed by atoms with van der Waals surface area (Å²) in [5.74, 6) is -0.203. The Hall–Kier alpha value is -3.51.